The maximum absolute atomic E-state index is 6.33. The predicted molar refractivity (Wildman–Crippen MR) is 176 cm³/mol. The second-order valence-corrected chi connectivity index (χ2v) is 11.5. The van der Waals surface area contributed by atoms with Crippen molar-refractivity contribution in [2.75, 3.05) is 0 Å². The van der Waals surface area contributed by atoms with Crippen LogP contribution in [0.15, 0.2) is 128 Å². The fraction of sp³-hybridized carbons (Fsp3) is 0.0541. The Balaban J connectivity index is 1.60. The van der Waals surface area contributed by atoms with Crippen LogP contribution in [-0.2, 0) is 0 Å². The van der Waals surface area contributed by atoms with E-state index in [1.807, 2.05) is 36.4 Å². The van der Waals surface area contributed by atoms with E-state index in [2.05, 4.69) is 114 Å². The van der Waals surface area contributed by atoms with Crippen LogP contribution in [0.5, 0.6) is 0 Å². The molecule has 0 unspecified atom stereocenters. The van der Waals surface area contributed by atoms with E-state index in [-0.39, 0.29) is 0 Å². The van der Waals surface area contributed by atoms with Crippen LogP contribution in [0, 0.1) is 13.8 Å². The maximum Gasteiger partial charge on any atom is 0.145 e. The number of aromatic nitrogens is 3. The highest BCUT2D eigenvalue weighted by molar-refractivity contribution is 6.30. The molecule has 0 bridgehead atoms. The fourth-order valence-corrected chi connectivity index (χ4v) is 5.75. The number of nitrogens with zero attached hydrogens (tertiary/aromatic N) is 3. The van der Waals surface area contributed by atoms with Gasteiger partial charge in [-0.2, -0.15) is 0 Å². The number of rotatable bonds is 5. The Morgan fingerprint density at radius 1 is 0.571 bits per heavy atom. The van der Waals surface area contributed by atoms with Crippen molar-refractivity contribution in [3.05, 3.63) is 149 Å². The molecule has 7 aromatic rings. The third-order valence-corrected chi connectivity index (χ3v) is 8.17. The Kier molecular flexibility index (Phi) is 6.70. The van der Waals surface area contributed by atoms with Gasteiger partial charge in [0.1, 0.15) is 5.82 Å². The standard InChI is InChI=1S/C37H27Cl2N3/c1-24-6-10-27(11-7-24)35-36(28-12-8-25(2)9-13-28)42(37(40-35)29-16-20-31(39)21-17-29)34-23-33(26-14-18-30(38)19-15-26)41-22-4-3-5-32(34)41/h3-23H,1-2H3. The largest absolute Gasteiger partial charge is 0.314 e. The fourth-order valence-electron chi connectivity index (χ4n) is 5.49. The monoisotopic (exact) mass is 583 g/mol. The molecule has 0 amide bonds. The van der Waals surface area contributed by atoms with Gasteiger partial charge in [-0.1, -0.05) is 101 Å². The highest BCUT2D eigenvalue weighted by atomic mass is 35.5. The topological polar surface area (TPSA) is 22.2 Å². The molecule has 3 heterocycles. The lowest BCUT2D eigenvalue weighted by atomic mass is 10.0. The smallest absolute Gasteiger partial charge is 0.145 e. The van der Waals surface area contributed by atoms with Crippen LogP contribution in [-0.4, -0.2) is 14.0 Å². The molecular formula is C37H27Cl2N3. The molecule has 0 aliphatic carbocycles. The number of hydrogen-bond acceptors (Lipinski definition) is 1. The Hall–Kier alpha value is -4.57. The van der Waals surface area contributed by atoms with E-state index >= 15 is 0 Å². The molecule has 0 N–H and O–H groups in total. The number of halogens is 2. The molecule has 0 fully saturated rings. The molecule has 5 heteroatoms. The van der Waals surface area contributed by atoms with E-state index in [9.17, 15) is 0 Å². The first kappa shape index (κ1) is 26.3. The first-order valence-electron chi connectivity index (χ1n) is 13.9. The zero-order chi connectivity index (χ0) is 28.8. The van der Waals surface area contributed by atoms with Crippen molar-refractivity contribution in [3.8, 4) is 50.8 Å². The van der Waals surface area contributed by atoms with E-state index < -0.39 is 0 Å². The van der Waals surface area contributed by atoms with Crippen molar-refractivity contribution in [2.45, 2.75) is 13.8 Å². The lowest BCUT2D eigenvalue weighted by molar-refractivity contribution is 1.08. The van der Waals surface area contributed by atoms with Gasteiger partial charge in [-0.15, -0.1) is 0 Å². The zero-order valence-corrected chi connectivity index (χ0v) is 24.7. The molecule has 0 aliphatic heterocycles. The van der Waals surface area contributed by atoms with Gasteiger partial charge in [-0.3, -0.25) is 4.57 Å². The molecule has 3 nitrogen and oxygen atoms in total. The van der Waals surface area contributed by atoms with Gasteiger partial charge in [0.15, 0.2) is 0 Å². The lowest BCUT2D eigenvalue weighted by Crippen LogP contribution is -2.00. The van der Waals surface area contributed by atoms with E-state index in [1.165, 1.54) is 11.1 Å². The van der Waals surface area contributed by atoms with Gasteiger partial charge < -0.3 is 4.40 Å². The highest BCUT2D eigenvalue weighted by Gasteiger charge is 2.25. The number of aryl methyl sites for hydroxylation is 2. The Morgan fingerprint density at radius 3 is 1.74 bits per heavy atom. The number of fused-ring (bicyclic) bond motifs is 1. The van der Waals surface area contributed by atoms with E-state index in [0.29, 0.717) is 10.0 Å². The summed E-state index contributed by atoms with van der Waals surface area (Å²) < 4.78 is 4.53. The van der Waals surface area contributed by atoms with Crippen molar-refractivity contribution in [2.24, 2.45) is 0 Å². The van der Waals surface area contributed by atoms with Crippen molar-refractivity contribution in [3.63, 3.8) is 0 Å². The highest BCUT2D eigenvalue weighted by Crippen LogP contribution is 2.41. The summed E-state index contributed by atoms with van der Waals surface area (Å²) in [5.74, 6) is 0.844. The van der Waals surface area contributed by atoms with E-state index in [4.69, 9.17) is 28.2 Å². The SMILES string of the molecule is Cc1ccc(-c2nc(-c3ccc(Cl)cc3)n(-c3cc(-c4ccc(Cl)cc4)n4ccccc34)c2-c2ccc(C)cc2)cc1. The normalized spacial score (nSPS) is 11.3. The molecule has 0 atom stereocenters. The van der Waals surface area contributed by atoms with Crippen LogP contribution in [0.25, 0.3) is 56.4 Å². The molecule has 0 saturated heterocycles. The number of imidazole rings is 1. The van der Waals surface area contributed by atoms with Gasteiger partial charge in [0.05, 0.1) is 28.3 Å². The molecule has 0 spiro atoms. The van der Waals surface area contributed by atoms with Crippen LogP contribution in [0.1, 0.15) is 11.1 Å². The minimum atomic E-state index is 0.689. The average Bonchev–Trinajstić information content (AvgIpc) is 3.58. The molecule has 42 heavy (non-hydrogen) atoms. The van der Waals surface area contributed by atoms with Gasteiger partial charge in [0, 0.05) is 32.9 Å². The minimum Gasteiger partial charge on any atom is -0.314 e. The van der Waals surface area contributed by atoms with Gasteiger partial charge in [0.2, 0.25) is 0 Å². The number of pyridine rings is 1. The summed E-state index contributed by atoms with van der Waals surface area (Å²) in [6, 6.07) is 41.7. The van der Waals surface area contributed by atoms with Gasteiger partial charge in [-0.25, -0.2) is 4.98 Å². The molecule has 0 radical (unpaired) electrons. The maximum atomic E-state index is 6.33. The van der Waals surface area contributed by atoms with Crippen LogP contribution in [0.2, 0.25) is 10.0 Å². The number of benzene rings is 4. The molecule has 0 aliphatic rings. The second-order valence-electron chi connectivity index (χ2n) is 10.6. The second kappa shape index (κ2) is 10.7. The molecule has 204 valence electrons. The average molecular weight is 585 g/mol. The Bertz CT molecular complexity index is 2030. The van der Waals surface area contributed by atoms with Gasteiger partial charge in [0.25, 0.3) is 0 Å². The number of hydrogen-bond donors (Lipinski definition) is 0. The summed E-state index contributed by atoms with van der Waals surface area (Å²) in [5, 5.41) is 1.40. The summed E-state index contributed by atoms with van der Waals surface area (Å²) in [7, 11) is 0. The Morgan fingerprint density at radius 2 is 1.12 bits per heavy atom. The zero-order valence-electron chi connectivity index (χ0n) is 23.2. The predicted octanol–water partition coefficient (Wildman–Crippen LogP) is 10.7. The summed E-state index contributed by atoms with van der Waals surface area (Å²) in [4.78, 5) is 5.38. The summed E-state index contributed by atoms with van der Waals surface area (Å²) in [6.45, 7) is 4.22. The lowest BCUT2D eigenvalue weighted by Gasteiger charge is -2.13. The van der Waals surface area contributed by atoms with E-state index in [0.717, 1.165) is 56.4 Å². The van der Waals surface area contributed by atoms with Gasteiger partial charge >= 0.3 is 0 Å². The van der Waals surface area contributed by atoms with Crippen molar-refractivity contribution in [1.82, 2.24) is 14.0 Å². The van der Waals surface area contributed by atoms with Crippen LogP contribution in [0.4, 0.5) is 0 Å². The van der Waals surface area contributed by atoms with Crippen LogP contribution < -0.4 is 0 Å². The molecule has 4 aromatic carbocycles. The van der Waals surface area contributed by atoms with E-state index in [1.54, 1.807) is 0 Å². The third kappa shape index (κ3) is 4.71. The summed E-state index contributed by atoms with van der Waals surface area (Å²) >= 11 is 12.6. The first-order valence-corrected chi connectivity index (χ1v) is 14.6. The van der Waals surface area contributed by atoms with Crippen molar-refractivity contribution < 1.29 is 0 Å². The molecule has 0 saturated carbocycles. The third-order valence-electron chi connectivity index (χ3n) is 7.67. The van der Waals surface area contributed by atoms with Crippen molar-refractivity contribution >= 4 is 28.7 Å². The summed E-state index contributed by atoms with van der Waals surface area (Å²) in [5.41, 5.74) is 11.8. The molecule has 3 aromatic heterocycles. The molecular weight excluding hydrogens is 557 g/mol. The van der Waals surface area contributed by atoms with Crippen molar-refractivity contribution in [1.29, 1.82) is 0 Å². The van der Waals surface area contributed by atoms with Crippen LogP contribution >= 0.6 is 23.2 Å². The van der Waals surface area contributed by atoms with Gasteiger partial charge in [-0.05, 0) is 74.0 Å². The summed E-state index contributed by atoms with van der Waals surface area (Å²) in [6.07, 6.45) is 2.11. The Labute approximate surface area is 255 Å². The minimum absolute atomic E-state index is 0.689. The molecule has 7 rings (SSSR count). The quantitative estimate of drug-likeness (QED) is 0.197. The first-order chi connectivity index (χ1) is 20.5. The van der Waals surface area contributed by atoms with Crippen LogP contribution in [0.3, 0.4) is 0 Å².